The molecule has 0 saturated carbocycles. The van der Waals surface area contributed by atoms with Gasteiger partial charge in [0.05, 0.1) is 24.3 Å². The van der Waals surface area contributed by atoms with Crippen LogP contribution in [0.25, 0.3) is 0 Å². The maximum absolute atomic E-state index is 12.8. The summed E-state index contributed by atoms with van der Waals surface area (Å²) in [5, 5.41) is 6.59. The van der Waals surface area contributed by atoms with Crippen LogP contribution in [0.3, 0.4) is 0 Å². The first-order valence-electron chi connectivity index (χ1n) is 12.1. The highest BCUT2D eigenvalue weighted by Crippen LogP contribution is 2.38. The highest BCUT2D eigenvalue weighted by atomic mass is 32.2. The van der Waals surface area contributed by atoms with Crippen molar-refractivity contribution < 1.29 is 22.8 Å². The van der Waals surface area contributed by atoms with Crippen LogP contribution in [0.2, 0.25) is 0 Å². The molecule has 3 aromatic rings. The molecule has 0 unspecified atom stereocenters. The lowest BCUT2D eigenvalue weighted by Gasteiger charge is -2.16. The van der Waals surface area contributed by atoms with Gasteiger partial charge in [-0.1, -0.05) is 6.07 Å². The zero-order chi connectivity index (χ0) is 26.2. The van der Waals surface area contributed by atoms with E-state index in [0.29, 0.717) is 5.69 Å². The number of carbonyl (C=O) groups excluding carboxylic acids is 3. The summed E-state index contributed by atoms with van der Waals surface area (Å²) in [7, 11) is -4.28. The zero-order valence-corrected chi connectivity index (χ0v) is 21.1. The molecule has 2 aliphatic rings. The number of rotatable bonds is 7. The summed E-state index contributed by atoms with van der Waals surface area (Å²) in [6.45, 7) is 1.74. The maximum atomic E-state index is 12.8. The molecule has 1 aromatic carbocycles. The number of aryl methyl sites for hydroxylation is 3. The van der Waals surface area contributed by atoms with Gasteiger partial charge in [0.1, 0.15) is 10.6 Å². The molecule has 2 N–H and O–H groups in total. The fourth-order valence-corrected chi connectivity index (χ4v) is 5.71. The minimum atomic E-state index is -4.28. The molecule has 2 aliphatic carbocycles. The molecule has 2 amide bonds. The number of nitrogens with zero attached hydrogens (tertiary/aromatic N) is 4. The number of nitrogens with one attached hydrogen (secondary N) is 2. The number of fused-ring (bicyclic) bond motifs is 2. The van der Waals surface area contributed by atoms with Crippen molar-refractivity contribution in [2.24, 2.45) is 0 Å². The van der Waals surface area contributed by atoms with Gasteiger partial charge in [0.25, 0.3) is 10.0 Å². The molecule has 2 aromatic heterocycles. The van der Waals surface area contributed by atoms with Crippen LogP contribution in [0, 0.1) is 6.92 Å². The van der Waals surface area contributed by atoms with Crippen molar-refractivity contribution in [3.63, 3.8) is 0 Å². The first kappa shape index (κ1) is 24.8. The van der Waals surface area contributed by atoms with Crippen LogP contribution in [-0.2, 0) is 35.7 Å². The second kappa shape index (κ2) is 9.85. The highest BCUT2D eigenvalue weighted by Gasteiger charge is 2.27. The van der Waals surface area contributed by atoms with E-state index in [1.54, 1.807) is 6.92 Å². The summed E-state index contributed by atoms with van der Waals surface area (Å²) in [5.41, 5.74) is 6.13. The number of hydrogen-bond acceptors (Lipinski definition) is 8. The van der Waals surface area contributed by atoms with Gasteiger partial charge in [0.15, 0.2) is 5.78 Å². The third kappa shape index (κ3) is 5.15. The minimum Gasteiger partial charge on any atom is -0.307 e. The molecule has 11 nitrogen and oxygen atoms in total. The van der Waals surface area contributed by atoms with Crippen LogP contribution >= 0.6 is 0 Å². The molecular formula is C25H26N6O5S. The lowest BCUT2D eigenvalue weighted by molar-refractivity contribution is 0.0850. The van der Waals surface area contributed by atoms with Crippen LogP contribution in [-0.4, -0.2) is 45.9 Å². The second-order valence-electron chi connectivity index (χ2n) is 9.27. The molecule has 12 heteroatoms. The molecule has 0 atom stereocenters. The lowest BCUT2D eigenvalue weighted by Crippen LogP contribution is -2.34. The Morgan fingerprint density at radius 1 is 0.946 bits per heavy atom. The summed E-state index contributed by atoms with van der Waals surface area (Å²) < 4.78 is 28.5. The van der Waals surface area contributed by atoms with Crippen LogP contribution < -0.4 is 10.0 Å². The van der Waals surface area contributed by atoms with Crippen molar-refractivity contribution in [3.8, 4) is 0 Å². The van der Waals surface area contributed by atoms with Crippen molar-refractivity contribution in [2.45, 2.75) is 63.2 Å². The average molecular weight is 523 g/mol. The summed E-state index contributed by atoms with van der Waals surface area (Å²) in [6, 6.07) is 1.36. The molecule has 192 valence electrons. The van der Waals surface area contributed by atoms with Crippen molar-refractivity contribution in [2.75, 3.05) is 5.32 Å². The maximum Gasteiger partial charge on any atom is 0.333 e. The van der Waals surface area contributed by atoms with Crippen molar-refractivity contribution in [1.29, 1.82) is 0 Å². The summed E-state index contributed by atoms with van der Waals surface area (Å²) in [5.74, 6) is -0.937. The fraction of sp³-hybridized carbons (Fsp3) is 0.360. The van der Waals surface area contributed by atoms with Crippen LogP contribution in [0.15, 0.2) is 35.7 Å². The van der Waals surface area contributed by atoms with E-state index in [2.05, 4.69) is 26.4 Å². The van der Waals surface area contributed by atoms with E-state index in [0.717, 1.165) is 72.4 Å². The van der Waals surface area contributed by atoms with E-state index >= 15 is 0 Å². The van der Waals surface area contributed by atoms with Gasteiger partial charge < -0.3 is 5.32 Å². The second-order valence-corrected chi connectivity index (χ2v) is 11.0. The van der Waals surface area contributed by atoms with Crippen LogP contribution in [0.5, 0.6) is 0 Å². The van der Waals surface area contributed by atoms with Gasteiger partial charge in [-0.3, -0.25) is 14.6 Å². The van der Waals surface area contributed by atoms with E-state index in [9.17, 15) is 22.8 Å². The standard InChI is InChI=1S/C25H26N6O5S/c1-15-11-27-21(13-26-15)22(32)8-9-23(33)31-14-18(12-28-31)37(35,36)30-25(34)29-24-19-6-2-4-16(19)10-17-5-3-7-20(17)24/h10-14H,2-9H2,1H3,(H2,29,30,34). The first-order valence-corrected chi connectivity index (χ1v) is 13.6. The number of ketones is 1. The summed E-state index contributed by atoms with van der Waals surface area (Å²) in [6.07, 6.45) is 10.1. The number of benzene rings is 1. The Balaban J connectivity index is 1.23. The smallest absolute Gasteiger partial charge is 0.307 e. The monoisotopic (exact) mass is 522 g/mol. The number of urea groups is 1. The molecule has 0 aliphatic heterocycles. The summed E-state index contributed by atoms with van der Waals surface area (Å²) in [4.78, 5) is 45.1. The molecule has 0 spiro atoms. The van der Waals surface area contributed by atoms with Crippen molar-refractivity contribution in [3.05, 3.63) is 64.5 Å². The van der Waals surface area contributed by atoms with Gasteiger partial charge in [-0.05, 0) is 67.7 Å². The molecule has 0 saturated heterocycles. The van der Waals surface area contributed by atoms with E-state index in [1.807, 2.05) is 4.72 Å². The molecule has 0 radical (unpaired) electrons. The number of hydrogen-bond donors (Lipinski definition) is 2. The van der Waals surface area contributed by atoms with E-state index < -0.39 is 22.0 Å². The van der Waals surface area contributed by atoms with E-state index in [4.69, 9.17) is 0 Å². The Bertz CT molecular complexity index is 1480. The number of carbonyl (C=O) groups is 3. The molecule has 2 heterocycles. The van der Waals surface area contributed by atoms with Gasteiger partial charge >= 0.3 is 6.03 Å². The number of anilines is 1. The average Bonchev–Trinajstić information content (AvgIpc) is 3.63. The van der Waals surface area contributed by atoms with Crippen molar-refractivity contribution in [1.82, 2.24) is 24.5 Å². The predicted molar refractivity (Wildman–Crippen MR) is 133 cm³/mol. The number of sulfonamides is 1. The minimum absolute atomic E-state index is 0.134. The quantitative estimate of drug-likeness (QED) is 0.449. The number of Topliss-reactive ketones (excluding diaryl/α,β-unsaturated/α-hetero) is 1. The normalized spacial score (nSPS) is 14.2. The number of aromatic nitrogens is 4. The zero-order valence-electron chi connectivity index (χ0n) is 20.3. The topological polar surface area (TPSA) is 153 Å². The fourth-order valence-electron chi connectivity index (χ4n) is 4.87. The Kier molecular flexibility index (Phi) is 6.59. The van der Waals surface area contributed by atoms with Gasteiger partial charge in [0.2, 0.25) is 5.91 Å². The Morgan fingerprint density at radius 2 is 1.65 bits per heavy atom. The van der Waals surface area contributed by atoms with E-state index in [1.165, 1.54) is 23.5 Å². The SMILES string of the molecule is Cc1cnc(C(=O)CCC(=O)n2cc(S(=O)(=O)NC(=O)Nc3c4c(cc5c3CCC5)CCC4)cn2)cn1. The third-order valence-corrected chi connectivity index (χ3v) is 7.98. The molecular weight excluding hydrogens is 496 g/mol. The predicted octanol–water partition coefficient (Wildman–Crippen LogP) is 2.77. The van der Waals surface area contributed by atoms with Gasteiger partial charge in [0, 0.05) is 24.7 Å². The van der Waals surface area contributed by atoms with Gasteiger partial charge in [-0.15, -0.1) is 0 Å². The highest BCUT2D eigenvalue weighted by molar-refractivity contribution is 7.90. The largest absolute Gasteiger partial charge is 0.333 e. The lowest BCUT2D eigenvalue weighted by atomic mass is 9.99. The molecule has 37 heavy (non-hydrogen) atoms. The van der Waals surface area contributed by atoms with Gasteiger partial charge in [-0.25, -0.2) is 27.6 Å². The Labute approximate surface area is 213 Å². The van der Waals surface area contributed by atoms with Gasteiger partial charge in [-0.2, -0.15) is 5.10 Å². The van der Waals surface area contributed by atoms with Crippen LogP contribution in [0.1, 0.15) is 68.9 Å². The van der Waals surface area contributed by atoms with E-state index in [-0.39, 0.29) is 29.2 Å². The first-order chi connectivity index (χ1) is 17.7. The third-order valence-electron chi connectivity index (χ3n) is 6.70. The van der Waals surface area contributed by atoms with Crippen LogP contribution in [0.4, 0.5) is 10.5 Å². The summed E-state index contributed by atoms with van der Waals surface area (Å²) >= 11 is 0. The number of amides is 2. The Hall–Kier alpha value is -3.93. The molecule has 0 fully saturated rings. The van der Waals surface area contributed by atoms with Crippen molar-refractivity contribution >= 4 is 33.4 Å². The molecule has 0 bridgehead atoms. The Morgan fingerprint density at radius 3 is 2.30 bits per heavy atom. The molecule has 5 rings (SSSR count).